The molecular formula is C13H6ClN3O2. The molecule has 0 unspecified atom stereocenters. The van der Waals surface area contributed by atoms with E-state index in [1.54, 1.807) is 12.1 Å². The fourth-order valence-electron chi connectivity index (χ4n) is 1.67. The Morgan fingerprint density at radius 2 is 2.11 bits per heavy atom. The van der Waals surface area contributed by atoms with Gasteiger partial charge in [0.2, 0.25) is 11.6 Å². The maximum Gasteiger partial charge on any atom is 0.247 e. The number of hydrogen-bond donors (Lipinski definition) is 0. The zero-order valence-electron chi connectivity index (χ0n) is 9.50. The van der Waals surface area contributed by atoms with Crippen molar-refractivity contribution in [3.63, 3.8) is 0 Å². The molecule has 92 valence electrons. The van der Waals surface area contributed by atoms with Crippen LogP contribution in [0.25, 0.3) is 11.0 Å². The lowest BCUT2D eigenvalue weighted by Gasteiger charge is -2.02. The zero-order chi connectivity index (χ0) is 13.2. The van der Waals surface area contributed by atoms with Gasteiger partial charge < -0.3 is 9.15 Å². The van der Waals surface area contributed by atoms with E-state index in [0.29, 0.717) is 16.7 Å². The first-order valence-corrected chi connectivity index (χ1v) is 5.73. The second-order valence-electron chi connectivity index (χ2n) is 3.65. The highest BCUT2D eigenvalue weighted by atomic mass is 35.5. The average Bonchev–Trinajstić information content (AvgIpc) is 2.77. The van der Waals surface area contributed by atoms with Gasteiger partial charge in [0.25, 0.3) is 0 Å². The summed E-state index contributed by atoms with van der Waals surface area (Å²) in [7, 11) is 0. The fraction of sp³-hybridized carbons (Fsp3) is 0. The van der Waals surface area contributed by atoms with Crippen LogP contribution in [-0.4, -0.2) is 9.97 Å². The molecule has 2 aromatic heterocycles. The summed E-state index contributed by atoms with van der Waals surface area (Å²) in [5.74, 6) is 0.673. The van der Waals surface area contributed by atoms with Gasteiger partial charge in [0.05, 0.1) is 5.39 Å². The van der Waals surface area contributed by atoms with Crippen LogP contribution in [0.2, 0.25) is 5.15 Å². The van der Waals surface area contributed by atoms with Crippen LogP contribution in [0.4, 0.5) is 0 Å². The van der Waals surface area contributed by atoms with Gasteiger partial charge in [-0.05, 0) is 12.1 Å². The van der Waals surface area contributed by atoms with Crippen molar-refractivity contribution in [3.8, 4) is 17.7 Å². The summed E-state index contributed by atoms with van der Waals surface area (Å²) in [4.78, 5) is 7.69. The topological polar surface area (TPSA) is 71.9 Å². The Labute approximate surface area is 113 Å². The summed E-state index contributed by atoms with van der Waals surface area (Å²) in [6.07, 6.45) is 1.28. The van der Waals surface area contributed by atoms with E-state index in [1.165, 1.54) is 12.4 Å². The average molecular weight is 272 g/mol. The fourth-order valence-corrected chi connectivity index (χ4v) is 1.81. The van der Waals surface area contributed by atoms with E-state index in [9.17, 15) is 0 Å². The van der Waals surface area contributed by atoms with E-state index >= 15 is 0 Å². The number of para-hydroxylation sites is 1. The molecule has 3 aromatic rings. The molecule has 0 aliphatic carbocycles. The number of fused-ring (bicyclic) bond motifs is 1. The van der Waals surface area contributed by atoms with Crippen LogP contribution in [-0.2, 0) is 0 Å². The summed E-state index contributed by atoms with van der Waals surface area (Å²) in [5.41, 5.74) is 0.578. The molecule has 0 N–H and O–H groups in total. The third kappa shape index (κ3) is 2.09. The Kier molecular flexibility index (Phi) is 2.78. The first kappa shape index (κ1) is 11.5. The van der Waals surface area contributed by atoms with Gasteiger partial charge in [-0.1, -0.05) is 23.7 Å². The minimum Gasteiger partial charge on any atom is -0.442 e. The Morgan fingerprint density at radius 1 is 1.26 bits per heavy atom. The summed E-state index contributed by atoms with van der Waals surface area (Å²) >= 11 is 5.76. The Hall–Kier alpha value is -2.58. The third-order valence-electron chi connectivity index (χ3n) is 2.47. The predicted octanol–water partition coefficient (Wildman–Crippen LogP) is 3.54. The van der Waals surface area contributed by atoms with Gasteiger partial charge in [0.1, 0.15) is 23.1 Å². The molecule has 0 saturated heterocycles. The molecule has 0 radical (unpaired) electrons. The number of furan rings is 1. The molecule has 0 spiro atoms. The Morgan fingerprint density at radius 3 is 2.89 bits per heavy atom. The molecule has 3 rings (SSSR count). The number of rotatable bonds is 2. The Bertz CT molecular complexity index is 792. The van der Waals surface area contributed by atoms with Crippen molar-refractivity contribution in [1.29, 1.82) is 5.26 Å². The highest BCUT2D eigenvalue weighted by Crippen LogP contribution is 2.35. The monoisotopic (exact) mass is 271 g/mol. The van der Waals surface area contributed by atoms with Gasteiger partial charge in [0.15, 0.2) is 5.75 Å². The van der Waals surface area contributed by atoms with Crippen LogP contribution in [0.3, 0.4) is 0 Å². The second kappa shape index (κ2) is 4.59. The molecule has 2 heterocycles. The minimum absolute atomic E-state index is 0.0935. The molecule has 1 aromatic carbocycles. The third-order valence-corrected chi connectivity index (χ3v) is 2.67. The number of hydrogen-bond acceptors (Lipinski definition) is 5. The summed E-state index contributed by atoms with van der Waals surface area (Å²) in [5, 5.41) is 10.0. The van der Waals surface area contributed by atoms with Gasteiger partial charge in [-0.25, -0.2) is 9.97 Å². The highest BCUT2D eigenvalue weighted by Gasteiger charge is 2.16. The Balaban J connectivity index is 2.12. The number of nitriles is 1. The minimum atomic E-state index is 0.0935. The summed E-state index contributed by atoms with van der Waals surface area (Å²) in [6, 6.07) is 10.6. The highest BCUT2D eigenvalue weighted by molar-refractivity contribution is 6.29. The molecule has 0 saturated carbocycles. The van der Waals surface area contributed by atoms with Crippen LogP contribution >= 0.6 is 11.6 Å². The van der Waals surface area contributed by atoms with Crippen LogP contribution in [0, 0.1) is 11.3 Å². The molecule has 0 atom stereocenters. The standard InChI is InChI=1S/C13H6ClN3O2/c14-11-5-12(17-7-16-11)19-13-8-3-1-2-4-9(8)18-10(13)6-15/h1-5,7H. The molecule has 6 heteroatoms. The van der Waals surface area contributed by atoms with E-state index in [1.807, 2.05) is 18.2 Å². The molecule has 0 fully saturated rings. The van der Waals surface area contributed by atoms with Gasteiger partial charge >= 0.3 is 0 Å². The van der Waals surface area contributed by atoms with Crippen molar-refractivity contribution in [2.45, 2.75) is 0 Å². The molecule has 0 aliphatic heterocycles. The van der Waals surface area contributed by atoms with Crippen molar-refractivity contribution < 1.29 is 9.15 Å². The zero-order valence-corrected chi connectivity index (χ0v) is 10.3. The molecule has 19 heavy (non-hydrogen) atoms. The van der Waals surface area contributed by atoms with Crippen molar-refractivity contribution >= 4 is 22.6 Å². The van der Waals surface area contributed by atoms with Crippen LogP contribution in [0.1, 0.15) is 5.76 Å². The first-order valence-electron chi connectivity index (χ1n) is 5.35. The molecule has 0 amide bonds. The number of aromatic nitrogens is 2. The molecule has 5 nitrogen and oxygen atoms in total. The van der Waals surface area contributed by atoms with Gasteiger partial charge in [-0.2, -0.15) is 5.26 Å². The van der Waals surface area contributed by atoms with Gasteiger partial charge in [-0.15, -0.1) is 0 Å². The normalized spacial score (nSPS) is 10.3. The molecular weight excluding hydrogens is 266 g/mol. The van der Waals surface area contributed by atoms with Crippen LogP contribution in [0.15, 0.2) is 41.1 Å². The van der Waals surface area contributed by atoms with Gasteiger partial charge in [-0.3, -0.25) is 0 Å². The van der Waals surface area contributed by atoms with E-state index in [4.69, 9.17) is 26.0 Å². The van der Waals surface area contributed by atoms with E-state index in [2.05, 4.69) is 9.97 Å². The van der Waals surface area contributed by atoms with Crippen LogP contribution in [0.5, 0.6) is 11.6 Å². The lowest BCUT2D eigenvalue weighted by molar-refractivity contribution is 0.449. The number of ether oxygens (including phenoxy) is 1. The lowest BCUT2D eigenvalue weighted by atomic mass is 10.2. The lowest BCUT2D eigenvalue weighted by Crippen LogP contribution is -1.89. The van der Waals surface area contributed by atoms with Crippen molar-refractivity contribution in [1.82, 2.24) is 9.97 Å². The van der Waals surface area contributed by atoms with Gasteiger partial charge in [0, 0.05) is 6.07 Å². The predicted molar refractivity (Wildman–Crippen MR) is 68.0 cm³/mol. The smallest absolute Gasteiger partial charge is 0.247 e. The van der Waals surface area contributed by atoms with E-state index < -0.39 is 0 Å². The SMILES string of the molecule is N#Cc1oc2ccccc2c1Oc1cc(Cl)ncn1. The number of halogens is 1. The van der Waals surface area contributed by atoms with Crippen LogP contribution < -0.4 is 4.74 Å². The van der Waals surface area contributed by atoms with E-state index in [-0.39, 0.29) is 16.8 Å². The second-order valence-corrected chi connectivity index (χ2v) is 4.04. The van der Waals surface area contributed by atoms with E-state index in [0.717, 1.165) is 0 Å². The first-order chi connectivity index (χ1) is 9.28. The maximum atomic E-state index is 9.07. The van der Waals surface area contributed by atoms with Crippen molar-refractivity contribution in [2.24, 2.45) is 0 Å². The molecule has 0 bridgehead atoms. The largest absolute Gasteiger partial charge is 0.442 e. The quantitative estimate of drug-likeness (QED) is 0.667. The summed E-state index contributed by atoms with van der Waals surface area (Å²) in [6.45, 7) is 0. The number of nitrogens with zero attached hydrogens (tertiary/aromatic N) is 3. The maximum absolute atomic E-state index is 9.07. The van der Waals surface area contributed by atoms with Crippen molar-refractivity contribution in [3.05, 3.63) is 47.6 Å². The number of benzene rings is 1. The van der Waals surface area contributed by atoms with Crippen molar-refractivity contribution in [2.75, 3.05) is 0 Å². The summed E-state index contributed by atoms with van der Waals surface area (Å²) < 4.78 is 11.0. The molecule has 0 aliphatic rings.